The first kappa shape index (κ1) is 19.9. The van der Waals surface area contributed by atoms with Gasteiger partial charge >= 0.3 is 12.1 Å². The van der Waals surface area contributed by atoms with Gasteiger partial charge in [0.1, 0.15) is 6.54 Å². The second-order valence-corrected chi connectivity index (χ2v) is 5.92. The number of hydrogen-bond donors (Lipinski definition) is 2. The lowest BCUT2D eigenvalue weighted by Gasteiger charge is -2.20. The van der Waals surface area contributed by atoms with Gasteiger partial charge in [0.25, 0.3) is 0 Å². The van der Waals surface area contributed by atoms with Gasteiger partial charge in [0.2, 0.25) is 11.9 Å². The number of guanidine groups is 1. The molecule has 0 aromatic carbocycles. The molecule has 24 heavy (non-hydrogen) atoms. The Morgan fingerprint density at radius 3 is 2.29 bits per heavy atom. The summed E-state index contributed by atoms with van der Waals surface area (Å²) < 4.78 is 5.12. The standard InChI is InChI=1S/C16H27N3O5/c1-19-12-14(21)24-11-9-7-5-3-2-4-6-8-10-13(20)17-15(19)18-16(22)23/h2-12H2,1H3,(H,22,23)(H,17,18,20). The summed E-state index contributed by atoms with van der Waals surface area (Å²) in [6.07, 6.45) is 6.92. The zero-order valence-corrected chi connectivity index (χ0v) is 14.3. The highest BCUT2D eigenvalue weighted by molar-refractivity contribution is 6.01. The van der Waals surface area contributed by atoms with Crippen molar-refractivity contribution in [3.05, 3.63) is 0 Å². The average molecular weight is 341 g/mol. The number of carboxylic acid groups (broad SMARTS) is 1. The first-order valence-corrected chi connectivity index (χ1v) is 8.47. The van der Waals surface area contributed by atoms with Crippen molar-refractivity contribution in [2.45, 2.75) is 57.8 Å². The van der Waals surface area contributed by atoms with Crippen LogP contribution in [0.25, 0.3) is 0 Å². The molecule has 0 radical (unpaired) electrons. The molecule has 1 aliphatic heterocycles. The number of rotatable bonds is 0. The Balaban J connectivity index is 2.69. The molecule has 136 valence electrons. The van der Waals surface area contributed by atoms with E-state index in [-0.39, 0.29) is 18.4 Å². The Kier molecular flexibility index (Phi) is 9.48. The van der Waals surface area contributed by atoms with E-state index < -0.39 is 12.1 Å². The van der Waals surface area contributed by atoms with Crippen LogP contribution in [0.4, 0.5) is 4.79 Å². The third kappa shape index (κ3) is 9.12. The summed E-state index contributed by atoms with van der Waals surface area (Å²) in [6, 6.07) is 0. The highest BCUT2D eigenvalue weighted by Gasteiger charge is 2.16. The quantitative estimate of drug-likeness (QED) is 0.654. The maximum atomic E-state index is 11.9. The maximum absolute atomic E-state index is 11.9. The van der Waals surface area contributed by atoms with E-state index in [9.17, 15) is 14.4 Å². The normalized spacial score (nSPS) is 21.7. The lowest BCUT2D eigenvalue weighted by Crippen LogP contribution is -2.45. The first-order valence-electron chi connectivity index (χ1n) is 8.47. The Morgan fingerprint density at radius 2 is 1.67 bits per heavy atom. The Labute approximate surface area is 142 Å². The van der Waals surface area contributed by atoms with E-state index >= 15 is 0 Å². The number of nitrogens with one attached hydrogen (secondary N) is 1. The molecule has 2 N–H and O–H groups in total. The van der Waals surface area contributed by atoms with Crippen molar-refractivity contribution in [2.24, 2.45) is 4.99 Å². The fourth-order valence-electron chi connectivity index (χ4n) is 2.43. The molecule has 2 amide bonds. The summed E-state index contributed by atoms with van der Waals surface area (Å²) in [6.45, 7) is 0.177. The topological polar surface area (TPSA) is 108 Å². The van der Waals surface area contributed by atoms with E-state index in [1.165, 1.54) is 11.9 Å². The van der Waals surface area contributed by atoms with Gasteiger partial charge in [-0.3, -0.25) is 14.9 Å². The molecule has 1 fully saturated rings. The lowest BCUT2D eigenvalue weighted by atomic mass is 10.1. The van der Waals surface area contributed by atoms with Gasteiger partial charge < -0.3 is 14.7 Å². The molecule has 0 saturated carbocycles. The van der Waals surface area contributed by atoms with Crippen molar-refractivity contribution in [1.82, 2.24) is 10.2 Å². The highest BCUT2D eigenvalue weighted by atomic mass is 16.5. The van der Waals surface area contributed by atoms with Gasteiger partial charge in [-0.1, -0.05) is 38.5 Å². The molecule has 0 aliphatic carbocycles. The molecular weight excluding hydrogens is 314 g/mol. The SMILES string of the molecule is CN1CC(=O)OCCCCCCCCCCC(=O)NC1=NC(=O)O. The van der Waals surface area contributed by atoms with Crippen LogP contribution in [0.15, 0.2) is 4.99 Å². The fourth-order valence-corrected chi connectivity index (χ4v) is 2.43. The van der Waals surface area contributed by atoms with Crippen LogP contribution in [0.5, 0.6) is 0 Å². The molecule has 1 aliphatic rings. The molecule has 8 nitrogen and oxygen atoms in total. The number of hydrogen-bond acceptors (Lipinski definition) is 4. The number of esters is 1. The zero-order valence-electron chi connectivity index (χ0n) is 14.3. The molecule has 0 spiro atoms. The van der Waals surface area contributed by atoms with Crippen LogP contribution in [0.1, 0.15) is 57.8 Å². The van der Waals surface area contributed by atoms with E-state index in [0.717, 1.165) is 51.4 Å². The molecule has 1 saturated heterocycles. The first-order chi connectivity index (χ1) is 11.5. The van der Waals surface area contributed by atoms with Gasteiger partial charge in [0.05, 0.1) is 6.61 Å². The van der Waals surface area contributed by atoms with Crippen molar-refractivity contribution in [2.75, 3.05) is 20.2 Å². The third-order valence-corrected chi connectivity index (χ3v) is 3.74. The van der Waals surface area contributed by atoms with Crippen LogP contribution in [0.3, 0.4) is 0 Å². The van der Waals surface area contributed by atoms with Crippen molar-refractivity contribution < 1.29 is 24.2 Å². The van der Waals surface area contributed by atoms with Crippen molar-refractivity contribution >= 4 is 23.9 Å². The van der Waals surface area contributed by atoms with Crippen LogP contribution < -0.4 is 5.32 Å². The zero-order chi connectivity index (χ0) is 17.8. The Morgan fingerprint density at radius 1 is 1.08 bits per heavy atom. The summed E-state index contributed by atoms with van der Waals surface area (Å²) in [5.41, 5.74) is 0. The maximum Gasteiger partial charge on any atom is 0.434 e. The van der Waals surface area contributed by atoms with Crippen molar-refractivity contribution in [3.8, 4) is 0 Å². The number of cyclic esters (lactones) is 1. The van der Waals surface area contributed by atoms with Crippen molar-refractivity contribution in [3.63, 3.8) is 0 Å². The van der Waals surface area contributed by atoms with E-state index in [0.29, 0.717) is 13.0 Å². The minimum absolute atomic E-state index is 0.159. The number of nitrogens with zero attached hydrogens (tertiary/aromatic N) is 2. The van der Waals surface area contributed by atoms with Gasteiger partial charge in [-0.25, -0.2) is 4.79 Å². The fraction of sp³-hybridized carbons (Fsp3) is 0.750. The summed E-state index contributed by atoms with van der Waals surface area (Å²) in [5.74, 6) is -0.942. The highest BCUT2D eigenvalue weighted by Crippen LogP contribution is 2.10. The number of carbonyl (C=O) groups excluding carboxylic acids is 2. The Hall–Kier alpha value is -2.12. The lowest BCUT2D eigenvalue weighted by molar-refractivity contribution is -0.144. The van der Waals surface area contributed by atoms with Crippen LogP contribution in [0, 0.1) is 0 Å². The van der Waals surface area contributed by atoms with Gasteiger partial charge in [-0.15, -0.1) is 4.99 Å². The smallest absolute Gasteiger partial charge is 0.434 e. The second-order valence-electron chi connectivity index (χ2n) is 5.92. The number of amides is 2. The molecule has 0 unspecified atom stereocenters. The molecule has 8 heteroatoms. The van der Waals surface area contributed by atoms with Crippen LogP contribution in [-0.2, 0) is 14.3 Å². The van der Waals surface area contributed by atoms with Crippen molar-refractivity contribution in [1.29, 1.82) is 0 Å². The minimum Gasteiger partial charge on any atom is -0.464 e. The molecule has 1 rings (SSSR count). The summed E-state index contributed by atoms with van der Waals surface area (Å²) in [4.78, 5) is 39.1. The Bertz CT molecular complexity index is 465. The van der Waals surface area contributed by atoms with Gasteiger partial charge in [0.15, 0.2) is 0 Å². The van der Waals surface area contributed by atoms with Gasteiger partial charge in [0, 0.05) is 13.5 Å². The number of carbonyl (C=O) groups is 3. The molecule has 0 aromatic rings. The van der Waals surface area contributed by atoms with Gasteiger partial charge in [-0.2, -0.15) is 0 Å². The summed E-state index contributed by atoms with van der Waals surface area (Å²) in [5, 5.41) is 11.3. The summed E-state index contributed by atoms with van der Waals surface area (Å²) in [7, 11) is 1.48. The second kappa shape index (κ2) is 11.4. The third-order valence-electron chi connectivity index (χ3n) is 3.74. The number of likely N-dealkylation sites (N-methyl/N-ethyl adjacent to an activating group) is 1. The average Bonchev–Trinajstić information content (AvgIpc) is 2.50. The van der Waals surface area contributed by atoms with E-state index in [4.69, 9.17) is 9.84 Å². The number of aliphatic imine (C=N–C) groups is 1. The predicted octanol–water partition coefficient (Wildman–Crippen LogP) is 2.14. The van der Waals surface area contributed by atoms with E-state index in [1.807, 2.05) is 0 Å². The van der Waals surface area contributed by atoms with E-state index in [1.54, 1.807) is 0 Å². The largest absolute Gasteiger partial charge is 0.464 e. The van der Waals surface area contributed by atoms with Crippen LogP contribution in [-0.4, -0.2) is 54.1 Å². The molecular formula is C16H27N3O5. The van der Waals surface area contributed by atoms with Crippen LogP contribution in [0.2, 0.25) is 0 Å². The minimum atomic E-state index is -1.43. The monoisotopic (exact) mass is 341 g/mol. The number of ether oxygens (including phenoxy) is 1. The molecule has 1 heterocycles. The van der Waals surface area contributed by atoms with E-state index in [2.05, 4.69) is 10.3 Å². The molecule has 0 bridgehead atoms. The summed E-state index contributed by atoms with van der Waals surface area (Å²) >= 11 is 0. The molecule has 0 aromatic heterocycles. The van der Waals surface area contributed by atoms with Crippen LogP contribution >= 0.6 is 0 Å². The molecule has 0 atom stereocenters. The van der Waals surface area contributed by atoms with Gasteiger partial charge in [-0.05, 0) is 12.8 Å². The predicted molar refractivity (Wildman–Crippen MR) is 88.7 cm³/mol.